The van der Waals surface area contributed by atoms with Crippen molar-refractivity contribution in [1.82, 2.24) is 9.88 Å². The molecule has 8 heteroatoms. The molecule has 1 aromatic heterocycles. The van der Waals surface area contributed by atoms with Gasteiger partial charge in [0.05, 0.1) is 21.3 Å². The highest BCUT2D eigenvalue weighted by atomic mass is 32.1. The van der Waals surface area contributed by atoms with Crippen molar-refractivity contribution in [2.45, 2.75) is 13.3 Å². The van der Waals surface area contributed by atoms with Crippen LogP contribution in [0.25, 0.3) is 20.8 Å². The zero-order valence-electron chi connectivity index (χ0n) is 15.1. The van der Waals surface area contributed by atoms with E-state index in [2.05, 4.69) is 10.3 Å². The highest BCUT2D eigenvalue weighted by Gasteiger charge is 2.42. The predicted octanol–water partition coefficient (Wildman–Crippen LogP) is 4.43. The van der Waals surface area contributed by atoms with Crippen LogP contribution >= 0.6 is 11.3 Å². The Balaban J connectivity index is 1.62. The number of hydrogen-bond donors (Lipinski definition) is 2. The molecule has 28 heavy (non-hydrogen) atoms. The van der Waals surface area contributed by atoms with Crippen molar-refractivity contribution in [2.75, 3.05) is 18.4 Å². The lowest BCUT2D eigenvalue weighted by atomic mass is 9.90. The number of aromatic nitrogens is 1. The van der Waals surface area contributed by atoms with Gasteiger partial charge in [-0.2, -0.15) is 0 Å². The summed E-state index contributed by atoms with van der Waals surface area (Å²) in [6, 6.07) is 11.3. The molecule has 0 radical (unpaired) electrons. The summed E-state index contributed by atoms with van der Waals surface area (Å²) in [5.41, 5.74) is 0.792. The highest BCUT2D eigenvalue weighted by molar-refractivity contribution is 7.21. The van der Waals surface area contributed by atoms with Crippen LogP contribution in [0.4, 0.5) is 14.9 Å². The van der Waals surface area contributed by atoms with Crippen LogP contribution in [0.2, 0.25) is 0 Å². The molecule has 1 atom stereocenters. The number of anilines is 1. The number of hydrogen-bond acceptors (Lipinski definition) is 4. The van der Waals surface area contributed by atoms with Gasteiger partial charge in [0.1, 0.15) is 10.8 Å². The van der Waals surface area contributed by atoms with E-state index >= 15 is 0 Å². The molecule has 1 aliphatic heterocycles. The van der Waals surface area contributed by atoms with Crippen LogP contribution in [0.5, 0.6) is 0 Å². The third-order valence-electron chi connectivity index (χ3n) is 5.02. The number of likely N-dealkylation sites (tertiary alicyclic amines) is 1. The molecule has 2 amide bonds. The first kappa shape index (κ1) is 18.4. The maximum Gasteiger partial charge on any atom is 0.321 e. The molecule has 144 valence electrons. The largest absolute Gasteiger partial charge is 0.481 e. The van der Waals surface area contributed by atoms with Crippen LogP contribution in [0.15, 0.2) is 42.5 Å². The van der Waals surface area contributed by atoms with Gasteiger partial charge in [0, 0.05) is 18.7 Å². The quantitative estimate of drug-likeness (QED) is 0.683. The number of urea groups is 1. The molecule has 4 rings (SSSR count). The fourth-order valence-electron chi connectivity index (χ4n) is 3.29. The van der Waals surface area contributed by atoms with Crippen molar-refractivity contribution in [3.05, 3.63) is 48.3 Å². The van der Waals surface area contributed by atoms with Crippen molar-refractivity contribution in [1.29, 1.82) is 0 Å². The standard InChI is InChI=1S/C20H18FN3O3S/c1-20(18(25)26)8-9-24(11-20)19(27)23-14-7-6-12(21)10-13(14)17-22-15-4-2-3-5-16(15)28-17/h2-7,10H,8-9,11H2,1H3,(H,23,27)(H,25,26). The number of thiazole rings is 1. The number of nitrogens with zero attached hydrogens (tertiary/aromatic N) is 2. The Morgan fingerprint density at radius 1 is 1.29 bits per heavy atom. The zero-order valence-corrected chi connectivity index (χ0v) is 15.9. The van der Waals surface area contributed by atoms with Crippen molar-refractivity contribution in [3.63, 3.8) is 0 Å². The minimum Gasteiger partial charge on any atom is -0.481 e. The first-order valence-electron chi connectivity index (χ1n) is 8.80. The van der Waals surface area contributed by atoms with Gasteiger partial charge in [-0.3, -0.25) is 4.79 Å². The monoisotopic (exact) mass is 399 g/mol. The van der Waals surface area contributed by atoms with E-state index in [9.17, 15) is 19.1 Å². The summed E-state index contributed by atoms with van der Waals surface area (Å²) < 4.78 is 14.9. The number of carboxylic acids is 1. The predicted molar refractivity (Wildman–Crippen MR) is 106 cm³/mol. The average Bonchev–Trinajstić information content (AvgIpc) is 3.27. The average molecular weight is 399 g/mol. The number of carbonyl (C=O) groups excluding carboxylic acids is 1. The maximum absolute atomic E-state index is 13.9. The second-order valence-electron chi connectivity index (χ2n) is 7.14. The van der Waals surface area contributed by atoms with Gasteiger partial charge in [0.2, 0.25) is 0 Å². The van der Waals surface area contributed by atoms with Gasteiger partial charge >= 0.3 is 12.0 Å². The summed E-state index contributed by atoms with van der Waals surface area (Å²) in [6.07, 6.45) is 0.393. The Labute approximate surface area is 164 Å². The Hall–Kier alpha value is -3.00. The molecule has 1 unspecified atom stereocenters. The van der Waals surface area contributed by atoms with E-state index in [-0.39, 0.29) is 6.54 Å². The van der Waals surface area contributed by atoms with Crippen molar-refractivity contribution >= 4 is 39.2 Å². The normalized spacial score (nSPS) is 19.1. The van der Waals surface area contributed by atoms with Gasteiger partial charge in [-0.1, -0.05) is 12.1 Å². The van der Waals surface area contributed by atoms with Crippen molar-refractivity contribution in [3.8, 4) is 10.6 Å². The second-order valence-corrected chi connectivity index (χ2v) is 8.17. The zero-order chi connectivity index (χ0) is 19.9. The van der Waals surface area contributed by atoms with E-state index in [4.69, 9.17) is 0 Å². The van der Waals surface area contributed by atoms with Crippen molar-refractivity contribution in [2.24, 2.45) is 5.41 Å². The fraction of sp³-hybridized carbons (Fsp3) is 0.250. The van der Waals surface area contributed by atoms with Gasteiger partial charge in [-0.25, -0.2) is 14.2 Å². The molecule has 1 fully saturated rings. The molecule has 3 aromatic rings. The Morgan fingerprint density at radius 3 is 2.79 bits per heavy atom. The third-order valence-corrected chi connectivity index (χ3v) is 6.09. The number of para-hydroxylation sites is 1. The topological polar surface area (TPSA) is 82.5 Å². The fourth-order valence-corrected chi connectivity index (χ4v) is 4.29. The van der Waals surface area contributed by atoms with Crippen LogP contribution < -0.4 is 5.32 Å². The Kier molecular flexibility index (Phi) is 4.50. The minimum atomic E-state index is -0.948. The molecule has 0 saturated carbocycles. The first-order chi connectivity index (χ1) is 13.4. The lowest BCUT2D eigenvalue weighted by molar-refractivity contribution is -0.146. The molecule has 1 aliphatic rings. The van der Waals surface area contributed by atoms with Crippen LogP contribution in [0.1, 0.15) is 13.3 Å². The Morgan fingerprint density at radius 2 is 2.07 bits per heavy atom. The van der Waals surface area contributed by atoms with E-state index in [1.54, 1.807) is 6.92 Å². The number of benzene rings is 2. The number of carboxylic acid groups (broad SMARTS) is 1. The van der Waals surface area contributed by atoms with E-state index in [0.29, 0.717) is 29.2 Å². The van der Waals surface area contributed by atoms with E-state index in [1.165, 1.54) is 34.4 Å². The van der Waals surface area contributed by atoms with Gasteiger partial charge in [-0.05, 0) is 43.7 Å². The van der Waals surface area contributed by atoms with Gasteiger partial charge < -0.3 is 15.3 Å². The molecule has 2 N–H and O–H groups in total. The van der Waals surface area contributed by atoms with Crippen LogP contribution in [-0.4, -0.2) is 40.1 Å². The van der Waals surface area contributed by atoms with Crippen molar-refractivity contribution < 1.29 is 19.1 Å². The minimum absolute atomic E-state index is 0.131. The molecular formula is C20H18FN3O3S. The summed E-state index contributed by atoms with van der Waals surface area (Å²) in [5, 5.41) is 12.7. The van der Waals surface area contributed by atoms with Gasteiger partial charge in [-0.15, -0.1) is 11.3 Å². The van der Waals surface area contributed by atoms with Gasteiger partial charge in [0.25, 0.3) is 0 Å². The van der Waals surface area contributed by atoms with E-state index < -0.39 is 23.2 Å². The van der Waals surface area contributed by atoms with Crippen LogP contribution in [0, 0.1) is 11.2 Å². The number of aliphatic carboxylic acids is 1. The summed E-state index contributed by atoms with van der Waals surface area (Å²) in [5.74, 6) is -1.34. The molecule has 2 heterocycles. The van der Waals surface area contributed by atoms with Crippen LogP contribution in [-0.2, 0) is 4.79 Å². The summed E-state index contributed by atoms with van der Waals surface area (Å²) in [4.78, 5) is 30.1. The summed E-state index contributed by atoms with van der Waals surface area (Å²) in [6.45, 7) is 2.12. The summed E-state index contributed by atoms with van der Waals surface area (Å²) in [7, 11) is 0. The SMILES string of the molecule is CC1(C(=O)O)CCN(C(=O)Nc2ccc(F)cc2-c2nc3ccccc3s2)C1. The smallest absolute Gasteiger partial charge is 0.321 e. The van der Waals surface area contributed by atoms with Crippen LogP contribution in [0.3, 0.4) is 0 Å². The summed E-state index contributed by atoms with van der Waals surface area (Å²) >= 11 is 1.42. The molecule has 6 nitrogen and oxygen atoms in total. The number of halogens is 1. The first-order valence-corrected chi connectivity index (χ1v) is 9.62. The Bertz CT molecular complexity index is 1050. The number of rotatable bonds is 3. The maximum atomic E-state index is 13.9. The number of carbonyl (C=O) groups is 2. The molecule has 2 aromatic carbocycles. The lowest BCUT2D eigenvalue weighted by Crippen LogP contribution is -2.37. The molecular weight excluding hydrogens is 381 g/mol. The highest BCUT2D eigenvalue weighted by Crippen LogP contribution is 2.36. The third kappa shape index (κ3) is 3.31. The second kappa shape index (κ2) is 6.87. The molecule has 0 spiro atoms. The van der Waals surface area contributed by atoms with E-state index in [0.717, 1.165) is 10.2 Å². The molecule has 0 bridgehead atoms. The molecule has 0 aliphatic carbocycles. The lowest BCUT2D eigenvalue weighted by Gasteiger charge is -2.21. The number of nitrogens with one attached hydrogen (secondary N) is 1. The molecule has 1 saturated heterocycles. The number of fused-ring (bicyclic) bond motifs is 1. The number of amides is 2. The van der Waals surface area contributed by atoms with E-state index in [1.807, 2.05) is 24.3 Å². The van der Waals surface area contributed by atoms with Gasteiger partial charge in [0.15, 0.2) is 0 Å².